The molecule has 1 rings (SSSR count). The van der Waals surface area contributed by atoms with Gasteiger partial charge in [0.15, 0.2) is 0 Å². The monoisotopic (exact) mass is 278 g/mol. The van der Waals surface area contributed by atoms with Crippen molar-refractivity contribution in [3.05, 3.63) is 35.9 Å². The van der Waals surface area contributed by atoms with Crippen LogP contribution < -0.4 is 0 Å². The number of halogens is 4. The summed E-state index contributed by atoms with van der Waals surface area (Å²) in [6, 6.07) is 7.99. The molecule has 0 aromatic heterocycles. The average molecular weight is 278 g/mol. The topological polar surface area (TPSA) is 26.3 Å². The normalized spacial score (nSPS) is 12.3. The molecule has 0 bridgehead atoms. The summed E-state index contributed by atoms with van der Waals surface area (Å²) in [7, 11) is 0. The van der Waals surface area contributed by atoms with Gasteiger partial charge < -0.3 is 4.74 Å². The van der Waals surface area contributed by atoms with Gasteiger partial charge in [-0.25, -0.2) is 13.6 Å². The molecule has 0 radical (unpaired) electrons. The van der Waals surface area contributed by atoms with E-state index in [1.165, 1.54) is 12.1 Å². The lowest BCUT2D eigenvalue weighted by Gasteiger charge is -2.22. The van der Waals surface area contributed by atoms with Gasteiger partial charge in [-0.15, -0.1) is 0 Å². The second-order valence-corrected chi connectivity index (χ2v) is 4.20. The molecular weight excluding hydrogens is 264 g/mol. The van der Waals surface area contributed by atoms with Crippen molar-refractivity contribution in [3.8, 4) is 0 Å². The molecule has 0 fully saturated rings. The van der Waals surface area contributed by atoms with E-state index in [1.54, 1.807) is 18.2 Å². The summed E-state index contributed by atoms with van der Waals surface area (Å²) < 4.78 is 55.5. The smallest absolute Gasteiger partial charge is 0.338 e. The molecule has 6 heteroatoms. The number of carbonyl (C=O) groups is 1. The number of carbonyl (C=O) groups excluding carboxylic acids is 1. The van der Waals surface area contributed by atoms with Crippen molar-refractivity contribution >= 4 is 5.97 Å². The van der Waals surface area contributed by atoms with Crippen LogP contribution in [0.5, 0.6) is 0 Å². The molecule has 2 nitrogen and oxygen atoms in total. The van der Waals surface area contributed by atoms with Crippen molar-refractivity contribution in [1.82, 2.24) is 0 Å². The van der Waals surface area contributed by atoms with Gasteiger partial charge in [0, 0.05) is 13.3 Å². The molecule has 1 aromatic rings. The van der Waals surface area contributed by atoms with Gasteiger partial charge in [0.2, 0.25) is 0 Å². The quantitative estimate of drug-likeness (QED) is 0.448. The Morgan fingerprint density at radius 1 is 1.16 bits per heavy atom. The minimum absolute atomic E-state index is 0.170. The van der Waals surface area contributed by atoms with E-state index in [0.29, 0.717) is 0 Å². The lowest BCUT2D eigenvalue weighted by atomic mass is 10.1. The molecule has 0 saturated carbocycles. The molecule has 0 spiro atoms. The third-order valence-corrected chi connectivity index (χ3v) is 2.52. The van der Waals surface area contributed by atoms with Crippen LogP contribution in [0.1, 0.15) is 30.1 Å². The molecular formula is C13H14F4O2. The highest BCUT2D eigenvalue weighted by molar-refractivity contribution is 5.89. The number of hydrogen-bond donors (Lipinski definition) is 0. The third-order valence-electron chi connectivity index (χ3n) is 2.52. The van der Waals surface area contributed by atoms with E-state index >= 15 is 0 Å². The van der Waals surface area contributed by atoms with Crippen molar-refractivity contribution in [2.45, 2.75) is 31.6 Å². The van der Waals surface area contributed by atoms with Crippen LogP contribution >= 0.6 is 0 Å². The van der Waals surface area contributed by atoms with Crippen LogP contribution in [-0.2, 0) is 4.74 Å². The number of benzene rings is 1. The maximum absolute atomic E-state index is 12.9. The molecule has 0 aliphatic carbocycles. The summed E-state index contributed by atoms with van der Waals surface area (Å²) in [6.07, 6.45) is -1.35. The SMILES string of the molecule is CC(F)(F)C(F)(F)CCCOC(=O)c1ccccc1. The van der Waals surface area contributed by atoms with Crippen LogP contribution in [0.25, 0.3) is 0 Å². The second kappa shape index (κ2) is 6.04. The predicted molar refractivity (Wildman–Crippen MR) is 61.5 cm³/mol. The van der Waals surface area contributed by atoms with Crippen molar-refractivity contribution in [2.75, 3.05) is 6.61 Å². The predicted octanol–water partition coefficient (Wildman–Crippen LogP) is 3.91. The molecule has 106 valence electrons. The number of esters is 1. The zero-order valence-corrected chi connectivity index (χ0v) is 10.3. The van der Waals surface area contributed by atoms with Crippen LogP contribution in [0.2, 0.25) is 0 Å². The van der Waals surface area contributed by atoms with Crippen LogP contribution in [-0.4, -0.2) is 24.4 Å². The van der Waals surface area contributed by atoms with Crippen LogP contribution in [0.4, 0.5) is 17.6 Å². The molecule has 0 unspecified atom stereocenters. The van der Waals surface area contributed by atoms with Gasteiger partial charge in [0.25, 0.3) is 0 Å². The Hall–Kier alpha value is -1.59. The van der Waals surface area contributed by atoms with E-state index in [4.69, 9.17) is 4.74 Å². The highest BCUT2D eigenvalue weighted by atomic mass is 19.3. The highest BCUT2D eigenvalue weighted by Crippen LogP contribution is 2.37. The first-order valence-electron chi connectivity index (χ1n) is 5.72. The van der Waals surface area contributed by atoms with Crippen LogP contribution in [0.3, 0.4) is 0 Å². The first kappa shape index (κ1) is 15.5. The molecule has 0 aliphatic heterocycles. The molecule has 0 heterocycles. The Morgan fingerprint density at radius 2 is 1.74 bits per heavy atom. The van der Waals surface area contributed by atoms with Gasteiger partial charge in [0.1, 0.15) is 0 Å². The summed E-state index contributed by atoms with van der Waals surface area (Å²) in [4.78, 5) is 11.4. The number of hydrogen-bond acceptors (Lipinski definition) is 2. The number of alkyl halides is 4. The van der Waals surface area contributed by atoms with Gasteiger partial charge in [-0.1, -0.05) is 18.2 Å². The zero-order chi connectivity index (χ0) is 14.5. The lowest BCUT2D eigenvalue weighted by molar-refractivity contribution is -0.202. The van der Waals surface area contributed by atoms with Gasteiger partial charge in [0.05, 0.1) is 12.2 Å². The van der Waals surface area contributed by atoms with E-state index in [9.17, 15) is 22.4 Å². The minimum atomic E-state index is -4.09. The maximum atomic E-state index is 12.9. The Morgan fingerprint density at radius 3 is 2.26 bits per heavy atom. The first-order valence-corrected chi connectivity index (χ1v) is 5.72. The second-order valence-electron chi connectivity index (χ2n) is 4.20. The fraction of sp³-hybridized carbons (Fsp3) is 0.462. The average Bonchev–Trinajstić information content (AvgIpc) is 2.34. The summed E-state index contributed by atoms with van der Waals surface area (Å²) in [6.45, 7) is -0.150. The van der Waals surface area contributed by atoms with E-state index < -0.39 is 24.2 Å². The highest BCUT2D eigenvalue weighted by Gasteiger charge is 2.51. The minimum Gasteiger partial charge on any atom is -0.462 e. The Labute approximate surface area is 108 Å². The Kier molecular flexibility index (Phi) is 4.91. The molecule has 1 aromatic carbocycles. The molecule has 0 saturated heterocycles. The van der Waals surface area contributed by atoms with Crippen molar-refractivity contribution in [1.29, 1.82) is 0 Å². The zero-order valence-electron chi connectivity index (χ0n) is 10.3. The molecule has 0 amide bonds. The largest absolute Gasteiger partial charge is 0.462 e. The maximum Gasteiger partial charge on any atom is 0.338 e. The van der Waals surface area contributed by atoms with Crippen molar-refractivity contribution in [3.63, 3.8) is 0 Å². The fourth-order valence-electron chi connectivity index (χ4n) is 1.34. The van der Waals surface area contributed by atoms with E-state index in [0.717, 1.165) is 0 Å². The molecule has 0 N–H and O–H groups in total. The van der Waals surface area contributed by atoms with Gasteiger partial charge >= 0.3 is 17.8 Å². The van der Waals surface area contributed by atoms with Gasteiger partial charge in [-0.3, -0.25) is 0 Å². The van der Waals surface area contributed by atoms with Gasteiger partial charge in [-0.05, 0) is 18.6 Å². The number of rotatable bonds is 6. The molecule has 19 heavy (non-hydrogen) atoms. The van der Waals surface area contributed by atoms with E-state index in [1.807, 2.05) is 0 Å². The summed E-state index contributed by atoms with van der Waals surface area (Å²) in [5, 5.41) is 0. The fourth-order valence-corrected chi connectivity index (χ4v) is 1.34. The van der Waals surface area contributed by atoms with E-state index in [2.05, 4.69) is 0 Å². The Balaban J connectivity index is 2.34. The molecule has 0 aliphatic rings. The standard InChI is InChI=1S/C13H14F4O2/c1-12(14,15)13(16,17)8-5-9-19-11(18)10-6-3-2-4-7-10/h2-4,6-7H,5,8-9H2,1H3. The summed E-state index contributed by atoms with van der Waals surface area (Å²) in [5.74, 6) is -8.82. The number of ether oxygens (including phenoxy) is 1. The lowest BCUT2D eigenvalue weighted by Crippen LogP contribution is -2.37. The van der Waals surface area contributed by atoms with Gasteiger partial charge in [-0.2, -0.15) is 8.78 Å². The molecule has 0 atom stereocenters. The first-order chi connectivity index (χ1) is 8.74. The van der Waals surface area contributed by atoms with E-state index in [-0.39, 0.29) is 25.5 Å². The third kappa shape index (κ3) is 4.54. The van der Waals surface area contributed by atoms with Crippen LogP contribution in [0.15, 0.2) is 30.3 Å². The van der Waals surface area contributed by atoms with Crippen molar-refractivity contribution in [2.24, 2.45) is 0 Å². The Bertz CT molecular complexity index is 412. The van der Waals surface area contributed by atoms with Crippen molar-refractivity contribution < 1.29 is 27.1 Å². The summed E-state index contributed by atoms with van der Waals surface area (Å²) in [5.41, 5.74) is 0.287. The van der Waals surface area contributed by atoms with Crippen LogP contribution in [0, 0.1) is 0 Å². The summed E-state index contributed by atoms with van der Waals surface area (Å²) >= 11 is 0.